The van der Waals surface area contributed by atoms with Crippen molar-refractivity contribution in [3.05, 3.63) is 53.3 Å². The summed E-state index contributed by atoms with van der Waals surface area (Å²) >= 11 is 6.04. The Morgan fingerprint density at radius 1 is 1.25 bits per heavy atom. The van der Waals surface area contributed by atoms with Gasteiger partial charge in [0.05, 0.1) is 18.7 Å². The van der Waals surface area contributed by atoms with Crippen molar-refractivity contribution in [2.45, 2.75) is 6.42 Å². The first kappa shape index (κ1) is 17.9. The second-order valence-corrected chi connectivity index (χ2v) is 5.30. The normalized spacial score (nSPS) is 11.2. The Balaban J connectivity index is 1.73. The fourth-order valence-electron chi connectivity index (χ4n) is 1.92. The van der Waals surface area contributed by atoms with Gasteiger partial charge in [-0.2, -0.15) is 0 Å². The second kappa shape index (κ2) is 8.98. The molecule has 0 saturated heterocycles. The van der Waals surface area contributed by atoms with Gasteiger partial charge in [-0.25, -0.2) is 4.39 Å². The lowest BCUT2D eigenvalue weighted by Crippen LogP contribution is -2.23. The van der Waals surface area contributed by atoms with E-state index < -0.39 is 0 Å². The number of ether oxygens (including phenoxy) is 2. The summed E-state index contributed by atoms with van der Waals surface area (Å²) in [6.45, 7) is 0.973. The Labute approximate surface area is 145 Å². The molecule has 0 atom stereocenters. The Hall–Kier alpha value is -2.47. The summed E-state index contributed by atoms with van der Waals surface area (Å²) in [6.07, 6.45) is 0.684. The zero-order valence-corrected chi connectivity index (χ0v) is 14.0. The van der Waals surface area contributed by atoms with Crippen molar-refractivity contribution < 1.29 is 13.9 Å². The highest BCUT2D eigenvalue weighted by Crippen LogP contribution is 2.27. The standard InChI is InChI=1S/C17H19ClFN3O2/c1-23-16-8-5-13(11-15(16)18)22-17(20)21-9-2-10-24-14-6-3-12(19)4-7-14/h3-8,11H,2,9-10H2,1H3,(H3,20,21,22). The van der Waals surface area contributed by atoms with Gasteiger partial charge < -0.3 is 20.5 Å². The summed E-state index contributed by atoms with van der Waals surface area (Å²) in [5.41, 5.74) is 6.54. The molecule has 0 unspecified atom stereocenters. The van der Waals surface area contributed by atoms with Crippen molar-refractivity contribution in [2.24, 2.45) is 10.7 Å². The molecular formula is C17H19ClFN3O2. The van der Waals surface area contributed by atoms with Gasteiger partial charge in [-0.3, -0.25) is 4.99 Å². The maximum Gasteiger partial charge on any atom is 0.193 e. The van der Waals surface area contributed by atoms with E-state index in [-0.39, 0.29) is 11.8 Å². The number of halogens is 2. The molecule has 7 heteroatoms. The summed E-state index contributed by atoms with van der Waals surface area (Å²) in [7, 11) is 1.55. The Morgan fingerprint density at radius 2 is 2.00 bits per heavy atom. The highest BCUT2D eigenvalue weighted by molar-refractivity contribution is 6.32. The van der Waals surface area contributed by atoms with Gasteiger partial charge in [-0.15, -0.1) is 0 Å². The second-order valence-electron chi connectivity index (χ2n) is 4.90. The maximum atomic E-state index is 12.8. The highest BCUT2D eigenvalue weighted by atomic mass is 35.5. The largest absolute Gasteiger partial charge is 0.495 e. The molecular weight excluding hydrogens is 333 g/mol. The van der Waals surface area contributed by atoms with Gasteiger partial charge in [0.15, 0.2) is 5.96 Å². The van der Waals surface area contributed by atoms with E-state index in [4.69, 9.17) is 26.8 Å². The molecule has 0 bridgehead atoms. The fraction of sp³-hybridized carbons (Fsp3) is 0.235. The number of nitrogens with two attached hydrogens (primary N) is 1. The van der Waals surface area contributed by atoms with Crippen molar-refractivity contribution in [3.8, 4) is 11.5 Å². The summed E-state index contributed by atoms with van der Waals surface area (Å²) in [5.74, 6) is 1.22. The van der Waals surface area contributed by atoms with Crippen LogP contribution in [0.15, 0.2) is 47.5 Å². The van der Waals surface area contributed by atoms with Crippen LogP contribution < -0.4 is 20.5 Å². The van der Waals surface area contributed by atoms with Crippen LogP contribution in [0.5, 0.6) is 11.5 Å². The van der Waals surface area contributed by atoms with Crippen LogP contribution >= 0.6 is 11.6 Å². The summed E-state index contributed by atoms with van der Waals surface area (Å²) in [5, 5.41) is 3.44. The molecule has 0 aliphatic rings. The number of benzene rings is 2. The molecule has 0 fully saturated rings. The molecule has 2 rings (SSSR count). The van der Waals surface area contributed by atoms with E-state index in [0.29, 0.717) is 36.1 Å². The van der Waals surface area contributed by atoms with E-state index >= 15 is 0 Å². The van der Waals surface area contributed by atoms with Gasteiger partial charge in [-0.05, 0) is 42.5 Å². The molecule has 3 N–H and O–H groups in total. The third kappa shape index (κ3) is 5.62. The average Bonchev–Trinajstić information content (AvgIpc) is 2.56. The minimum absolute atomic E-state index is 0.288. The predicted octanol–water partition coefficient (Wildman–Crippen LogP) is 3.68. The van der Waals surface area contributed by atoms with Crippen LogP contribution in [0.4, 0.5) is 10.1 Å². The molecule has 0 radical (unpaired) electrons. The Morgan fingerprint density at radius 3 is 2.67 bits per heavy atom. The number of anilines is 1. The van der Waals surface area contributed by atoms with Gasteiger partial charge in [0.25, 0.3) is 0 Å². The molecule has 0 spiro atoms. The summed E-state index contributed by atoms with van der Waals surface area (Å²) in [4.78, 5) is 4.21. The lowest BCUT2D eigenvalue weighted by molar-refractivity contribution is 0.313. The molecule has 2 aromatic rings. The van der Waals surface area contributed by atoms with Crippen molar-refractivity contribution in [2.75, 3.05) is 25.6 Å². The van der Waals surface area contributed by atoms with Gasteiger partial charge in [0, 0.05) is 18.7 Å². The quantitative estimate of drug-likeness (QED) is 0.453. The van der Waals surface area contributed by atoms with Gasteiger partial charge in [0.1, 0.15) is 17.3 Å². The van der Waals surface area contributed by atoms with E-state index in [1.54, 1.807) is 37.4 Å². The molecule has 0 aliphatic heterocycles. The molecule has 0 aliphatic carbocycles. The number of rotatable bonds is 7. The number of nitrogens with zero attached hydrogens (tertiary/aromatic N) is 1. The van der Waals surface area contributed by atoms with E-state index in [1.165, 1.54) is 12.1 Å². The van der Waals surface area contributed by atoms with E-state index in [2.05, 4.69) is 10.3 Å². The molecule has 0 amide bonds. The van der Waals surface area contributed by atoms with Crippen LogP contribution in [0.25, 0.3) is 0 Å². The molecule has 128 valence electrons. The number of methoxy groups -OCH3 is 1. The Kier molecular flexibility index (Phi) is 6.69. The van der Waals surface area contributed by atoms with E-state index in [9.17, 15) is 4.39 Å². The topological polar surface area (TPSA) is 68.9 Å². The molecule has 5 nitrogen and oxygen atoms in total. The first-order valence-corrected chi connectivity index (χ1v) is 7.75. The SMILES string of the molecule is COc1ccc(NC(N)=NCCCOc2ccc(F)cc2)cc1Cl. The van der Waals surface area contributed by atoms with E-state index in [1.807, 2.05) is 0 Å². The zero-order chi connectivity index (χ0) is 17.4. The van der Waals surface area contributed by atoms with Crippen LogP contribution in [-0.4, -0.2) is 26.2 Å². The van der Waals surface area contributed by atoms with Gasteiger partial charge >= 0.3 is 0 Å². The van der Waals surface area contributed by atoms with Crippen molar-refractivity contribution >= 4 is 23.2 Å². The van der Waals surface area contributed by atoms with Crippen LogP contribution in [0, 0.1) is 5.82 Å². The Bertz CT molecular complexity index is 693. The number of nitrogens with one attached hydrogen (secondary N) is 1. The zero-order valence-electron chi connectivity index (χ0n) is 13.3. The number of hydrogen-bond donors (Lipinski definition) is 2. The van der Waals surface area contributed by atoms with Crippen molar-refractivity contribution in [1.82, 2.24) is 0 Å². The minimum atomic E-state index is -0.288. The highest BCUT2D eigenvalue weighted by Gasteiger charge is 2.02. The molecule has 24 heavy (non-hydrogen) atoms. The summed E-state index contributed by atoms with van der Waals surface area (Å²) < 4.78 is 23.3. The third-order valence-electron chi connectivity index (χ3n) is 3.09. The average molecular weight is 352 g/mol. The molecule has 0 aromatic heterocycles. The molecule has 0 saturated carbocycles. The number of hydrogen-bond acceptors (Lipinski definition) is 3. The number of guanidine groups is 1. The maximum absolute atomic E-state index is 12.8. The minimum Gasteiger partial charge on any atom is -0.495 e. The third-order valence-corrected chi connectivity index (χ3v) is 3.39. The first-order valence-electron chi connectivity index (χ1n) is 7.37. The summed E-state index contributed by atoms with van der Waals surface area (Å²) in [6, 6.07) is 11.1. The lowest BCUT2D eigenvalue weighted by atomic mass is 10.3. The van der Waals surface area contributed by atoms with Crippen molar-refractivity contribution in [3.63, 3.8) is 0 Å². The van der Waals surface area contributed by atoms with Crippen LogP contribution in [0.3, 0.4) is 0 Å². The van der Waals surface area contributed by atoms with Gasteiger partial charge in [-0.1, -0.05) is 11.6 Å². The first-order chi connectivity index (χ1) is 11.6. The number of aliphatic imine (C=N–C) groups is 1. The smallest absolute Gasteiger partial charge is 0.193 e. The monoisotopic (exact) mass is 351 g/mol. The van der Waals surface area contributed by atoms with Crippen LogP contribution in [0.1, 0.15) is 6.42 Å². The van der Waals surface area contributed by atoms with Crippen LogP contribution in [0.2, 0.25) is 5.02 Å². The fourth-order valence-corrected chi connectivity index (χ4v) is 2.17. The molecule has 2 aromatic carbocycles. The predicted molar refractivity (Wildman–Crippen MR) is 94.6 cm³/mol. The van der Waals surface area contributed by atoms with E-state index in [0.717, 1.165) is 5.69 Å². The van der Waals surface area contributed by atoms with Crippen molar-refractivity contribution in [1.29, 1.82) is 0 Å². The van der Waals surface area contributed by atoms with Gasteiger partial charge in [0.2, 0.25) is 0 Å². The molecule has 0 heterocycles. The van der Waals surface area contributed by atoms with Crippen LogP contribution in [-0.2, 0) is 0 Å². The lowest BCUT2D eigenvalue weighted by Gasteiger charge is -2.08.